The maximum Gasteiger partial charge on any atom is 0.267 e. The van der Waals surface area contributed by atoms with Crippen molar-refractivity contribution in [1.82, 2.24) is 15.2 Å². The highest BCUT2D eigenvalue weighted by Crippen LogP contribution is 2.16. The second-order valence-electron chi connectivity index (χ2n) is 3.84. The molecule has 0 saturated carbocycles. The predicted octanol–water partition coefficient (Wildman–Crippen LogP) is 1.43. The van der Waals surface area contributed by atoms with Crippen molar-refractivity contribution in [3.05, 3.63) is 41.5 Å². The van der Waals surface area contributed by atoms with Crippen LogP contribution in [-0.2, 0) is 10.0 Å². The first-order valence-electron chi connectivity index (χ1n) is 5.35. The number of anilines is 1. The minimum Gasteiger partial charge on any atom is -0.246 e. The Bertz CT molecular complexity index is 718. The Morgan fingerprint density at radius 2 is 1.79 bits per heavy atom. The molecule has 8 heteroatoms. The summed E-state index contributed by atoms with van der Waals surface area (Å²) in [5.74, 6) is -1.03. The van der Waals surface area contributed by atoms with Crippen LogP contribution in [0, 0.1) is 19.7 Å². The predicted molar refractivity (Wildman–Crippen MR) is 66.5 cm³/mol. The molecule has 2 rings (SSSR count). The Kier molecular flexibility index (Phi) is 3.43. The van der Waals surface area contributed by atoms with Crippen molar-refractivity contribution in [3.63, 3.8) is 0 Å². The number of rotatable bonds is 3. The molecule has 0 bridgehead atoms. The summed E-state index contributed by atoms with van der Waals surface area (Å²) in [6.07, 6.45) is 0. The molecule has 0 radical (unpaired) electrons. The number of hydrogen-bond acceptors (Lipinski definition) is 5. The summed E-state index contributed by atoms with van der Waals surface area (Å²) < 4.78 is 39.5. The van der Waals surface area contributed by atoms with Crippen LogP contribution in [0.15, 0.2) is 29.2 Å². The van der Waals surface area contributed by atoms with Crippen molar-refractivity contribution in [3.8, 4) is 0 Å². The Morgan fingerprint density at radius 1 is 1.11 bits per heavy atom. The van der Waals surface area contributed by atoms with Crippen LogP contribution in [0.1, 0.15) is 11.4 Å². The minimum atomic E-state index is -4.06. The van der Waals surface area contributed by atoms with E-state index in [9.17, 15) is 12.8 Å². The summed E-state index contributed by atoms with van der Waals surface area (Å²) in [4.78, 5) is 3.47. The first-order chi connectivity index (χ1) is 8.90. The summed E-state index contributed by atoms with van der Waals surface area (Å²) in [6, 6.07) is 5.06. The number of nitrogens with one attached hydrogen (secondary N) is 1. The van der Waals surface area contributed by atoms with Gasteiger partial charge in [-0.25, -0.2) is 22.5 Å². The van der Waals surface area contributed by atoms with Gasteiger partial charge in [0.05, 0.1) is 11.4 Å². The van der Waals surface area contributed by atoms with Crippen LogP contribution in [0.25, 0.3) is 0 Å². The molecule has 0 aliphatic carbocycles. The quantitative estimate of drug-likeness (QED) is 0.920. The zero-order chi connectivity index (χ0) is 14.0. The van der Waals surface area contributed by atoms with Gasteiger partial charge in [0.2, 0.25) is 0 Å². The maximum atomic E-state index is 13.5. The van der Waals surface area contributed by atoms with Crippen molar-refractivity contribution >= 4 is 16.0 Å². The summed E-state index contributed by atoms with van der Waals surface area (Å²) in [7, 11) is -4.06. The number of benzene rings is 1. The fourth-order valence-electron chi connectivity index (χ4n) is 1.34. The van der Waals surface area contributed by atoms with E-state index in [1.54, 1.807) is 13.8 Å². The van der Waals surface area contributed by atoms with E-state index in [-0.39, 0.29) is 5.95 Å². The average molecular weight is 282 g/mol. The second-order valence-corrected chi connectivity index (χ2v) is 5.49. The third kappa shape index (κ3) is 2.84. The first-order valence-corrected chi connectivity index (χ1v) is 6.84. The normalized spacial score (nSPS) is 11.3. The molecule has 0 aliphatic heterocycles. The highest BCUT2D eigenvalue weighted by atomic mass is 32.2. The number of halogens is 1. The minimum absolute atomic E-state index is 0.189. The lowest BCUT2D eigenvalue weighted by Gasteiger charge is -2.07. The van der Waals surface area contributed by atoms with Crippen molar-refractivity contribution in [2.24, 2.45) is 0 Å². The van der Waals surface area contributed by atoms with Gasteiger partial charge in [0.1, 0.15) is 10.7 Å². The van der Waals surface area contributed by atoms with Gasteiger partial charge >= 0.3 is 0 Å². The van der Waals surface area contributed by atoms with Crippen LogP contribution in [0.5, 0.6) is 0 Å². The van der Waals surface area contributed by atoms with Gasteiger partial charge in [-0.1, -0.05) is 12.1 Å². The van der Waals surface area contributed by atoms with E-state index >= 15 is 0 Å². The SMILES string of the molecule is Cc1nnc(NS(=O)(=O)c2ccccc2F)nc1C. The van der Waals surface area contributed by atoms with Crippen LogP contribution in [0.2, 0.25) is 0 Å². The number of sulfonamides is 1. The second kappa shape index (κ2) is 4.88. The van der Waals surface area contributed by atoms with Crippen LogP contribution >= 0.6 is 0 Å². The fourth-order valence-corrected chi connectivity index (χ4v) is 2.36. The first kappa shape index (κ1) is 13.3. The fraction of sp³-hybridized carbons (Fsp3) is 0.182. The van der Waals surface area contributed by atoms with Gasteiger partial charge in [-0.2, -0.15) is 5.10 Å². The standard InChI is InChI=1S/C11H11FN4O2S/c1-7-8(2)14-15-11(13-7)16-19(17,18)10-6-4-3-5-9(10)12/h3-6H,1-2H3,(H,13,15,16). The zero-order valence-electron chi connectivity index (χ0n) is 10.3. The van der Waals surface area contributed by atoms with E-state index in [2.05, 4.69) is 19.9 Å². The lowest BCUT2D eigenvalue weighted by Crippen LogP contribution is -2.17. The van der Waals surface area contributed by atoms with Crippen molar-refractivity contribution < 1.29 is 12.8 Å². The Hall–Kier alpha value is -2.09. The van der Waals surface area contributed by atoms with Crippen LogP contribution in [-0.4, -0.2) is 23.6 Å². The summed E-state index contributed by atoms with van der Waals surface area (Å²) >= 11 is 0. The monoisotopic (exact) mass is 282 g/mol. The molecule has 0 saturated heterocycles. The summed E-state index contributed by atoms with van der Waals surface area (Å²) in [6.45, 7) is 3.37. The number of aromatic nitrogens is 3. The zero-order valence-corrected chi connectivity index (χ0v) is 11.1. The average Bonchev–Trinajstić information content (AvgIpc) is 2.34. The molecule has 1 aromatic heterocycles. The van der Waals surface area contributed by atoms with Crippen LogP contribution in [0.3, 0.4) is 0 Å². The van der Waals surface area contributed by atoms with Gasteiger partial charge in [-0.3, -0.25) is 0 Å². The molecular formula is C11H11FN4O2S. The van der Waals surface area contributed by atoms with Crippen LogP contribution in [0.4, 0.5) is 10.3 Å². The van der Waals surface area contributed by atoms with Crippen molar-refractivity contribution in [2.45, 2.75) is 18.7 Å². The van der Waals surface area contributed by atoms with Gasteiger partial charge in [-0.15, -0.1) is 5.10 Å². The molecule has 1 heterocycles. The third-order valence-corrected chi connectivity index (χ3v) is 3.81. The van der Waals surface area contributed by atoms with Gasteiger partial charge in [0.15, 0.2) is 0 Å². The molecule has 6 nitrogen and oxygen atoms in total. The lowest BCUT2D eigenvalue weighted by atomic mass is 10.4. The van der Waals surface area contributed by atoms with Gasteiger partial charge in [0, 0.05) is 0 Å². The largest absolute Gasteiger partial charge is 0.267 e. The van der Waals surface area contributed by atoms with E-state index < -0.39 is 20.7 Å². The Labute approximate surface area is 109 Å². The Balaban J connectivity index is 2.37. The molecule has 100 valence electrons. The van der Waals surface area contributed by atoms with E-state index in [4.69, 9.17) is 0 Å². The molecule has 0 amide bonds. The molecule has 0 unspecified atom stereocenters. The number of hydrogen-bond donors (Lipinski definition) is 1. The molecule has 0 atom stereocenters. The van der Waals surface area contributed by atoms with E-state index in [1.807, 2.05) is 0 Å². The van der Waals surface area contributed by atoms with Crippen LogP contribution < -0.4 is 4.72 Å². The lowest BCUT2D eigenvalue weighted by molar-refractivity contribution is 0.570. The van der Waals surface area contributed by atoms with Gasteiger partial charge < -0.3 is 0 Å². The molecule has 2 aromatic rings. The molecular weight excluding hydrogens is 271 g/mol. The molecule has 1 aromatic carbocycles. The maximum absolute atomic E-state index is 13.5. The number of aryl methyl sites for hydroxylation is 2. The molecule has 0 spiro atoms. The molecule has 19 heavy (non-hydrogen) atoms. The van der Waals surface area contributed by atoms with E-state index in [1.165, 1.54) is 12.1 Å². The highest BCUT2D eigenvalue weighted by Gasteiger charge is 2.20. The highest BCUT2D eigenvalue weighted by molar-refractivity contribution is 7.92. The summed E-state index contributed by atoms with van der Waals surface area (Å²) in [5, 5.41) is 7.35. The van der Waals surface area contributed by atoms with E-state index in [0.717, 1.165) is 12.1 Å². The van der Waals surface area contributed by atoms with Gasteiger partial charge in [0.25, 0.3) is 16.0 Å². The summed E-state index contributed by atoms with van der Waals surface area (Å²) in [5.41, 5.74) is 1.13. The third-order valence-electron chi connectivity index (χ3n) is 2.44. The topological polar surface area (TPSA) is 84.8 Å². The Morgan fingerprint density at radius 3 is 2.42 bits per heavy atom. The number of nitrogens with zero attached hydrogens (tertiary/aromatic N) is 3. The van der Waals surface area contributed by atoms with Crippen molar-refractivity contribution in [2.75, 3.05) is 4.72 Å². The van der Waals surface area contributed by atoms with Crippen molar-refractivity contribution in [1.29, 1.82) is 0 Å². The van der Waals surface area contributed by atoms with E-state index in [0.29, 0.717) is 11.4 Å². The molecule has 0 aliphatic rings. The molecule has 1 N–H and O–H groups in total. The molecule has 0 fully saturated rings. The smallest absolute Gasteiger partial charge is 0.246 e. The van der Waals surface area contributed by atoms with Gasteiger partial charge in [-0.05, 0) is 26.0 Å².